The van der Waals surface area contributed by atoms with Crippen LogP contribution in [0.4, 0.5) is 11.5 Å². The molecule has 0 fully saturated rings. The van der Waals surface area contributed by atoms with E-state index in [0.717, 1.165) is 34.6 Å². The molecule has 0 saturated heterocycles. The van der Waals surface area contributed by atoms with Gasteiger partial charge in [-0.2, -0.15) is 11.8 Å². The van der Waals surface area contributed by atoms with E-state index < -0.39 is 0 Å². The van der Waals surface area contributed by atoms with Crippen LogP contribution in [0.15, 0.2) is 24.5 Å². The minimum absolute atomic E-state index is 0.447. The van der Waals surface area contributed by atoms with Crippen molar-refractivity contribution in [2.24, 2.45) is 0 Å². The molecule has 1 aromatic heterocycles. The third-order valence-electron chi connectivity index (χ3n) is 3.37. The maximum atomic E-state index is 5.80. The molecule has 4 nitrogen and oxygen atoms in total. The zero-order valence-corrected chi connectivity index (χ0v) is 12.4. The van der Waals surface area contributed by atoms with Crippen molar-refractivity contribution < 1.29 is 0 Å². The van der Waals surface area contributed by atoms with E-state index in [2.05, 4.69) is 35.1 Å². The molecule has 1 heterocycles. The van der Waals surface area contributed by atoms with Crippen molar-refractivity contribution in [2.75, 3.05) is 29.7 Å². The Bertz CT molecular complexity index is 558. The predicted octanol–water partition coefficient (Wildman–Crippen LogP) is 2.79. The summed E-state index contributed by atoms with van der Waals surface area (Å²) < 4.78 is 0. The zero-order valence-electron chi connectivity index (χ0n) is 11.6. The fourth-order valence-corrected chi connectivity index (χ4v) is 2.61. The number of hydrogen-bond donors (Lipinski definition) is 1. The first-order valence-electron chi connectivity index (χ1n) is 6.35. The van der Waals surface area contributed by atoms with Crippen LogP contribution in [-0.4, -0.2) is 35.1 Å². The number of benzene rings is 1. The van der Waals surface area contributed by atoms with E-state index in [9.17, 15) is 0 Å². The highest BCUT2D eigenvalue weighted by molar-refractivity contribution is 7.98. The Morgan fingerprint density at radius 3 is 2.89 bits per heavy atom. The van der Waals surface area contributed by atoms with Crippen LogP contribution in [0.1, 0.15) is 13.3 Å². The molecule has 0 spiro atoms. The minimum atomic E-state index is 0.447. The normalized spacial score (nSPS) is 12.6. The zero-order chi connectivity index (χ0) is 13.8. The molecule has 2 rings (SSSR count). The van der Waals surface area contributed by atoms with Crippen LogP contribution in [0.25, 0.3) is 10.9 Å². The Kier molecular flexibility index (Phi) is 4.47. The van der Waals surface area contributed by atoms with Crippen LogP contribution < -0.4 is 10.6 Å². The molecular weight excluding hydrogens is 256 g/mol. The smallest absolute Gasteiger partial charge is 0.139 e. The number of fused-ring (bicyclic) bond motifs is 1. The summed E-state index contributed by atoms with van der Waals surface area (Å²) in [6, 6.07) is 6.23. The van der Waals surface area contributed by atoms with Gasteiger partial charge in [-0.15, -0.1) is 0 Å². The fraction of sp³-hybridized carbons (Fsp3) is 0.429. The highest BCUT2D eigenvalue weighted by atomic mass is 32.2. The average molecular weight is 276 g/mol. The van der Waals surface area contributed by atoms with Gasteiger partial charge in [0.2, 0.25) is 0 Å². The van der Waals surface area contributed by atoms with Crippen LogP contribution in [-0.2, 0) is 0 Å². The maximum Gasteiger partial charge on any atom is 0.139 e. The molecule has 0 radical (unpaired) electrons. The fourth-order valence-electron chi connectivity index (χ4n) is 2.03. The van der Waals surface area contributed by atoms with Crippen molar-refractivity contribution in [3.63, 3.8) is 0 Å². The first kappa shape index (κ1) is 13.9. The number of hydrogen-bond acceptors (Lipinski definition) is 5. The molecule has 0 saturated carbocycles. The Balaban J connectivity index is 2.33. The lowest BCUT2D eigenvalue weighted by atomic mass is 10.1. The van der Waals surface area contributed by atoms with Crippen LogP contribution in [0.3, 0.4) is 0 Å². The summed E-state index contributed by atoms with van der Waals surface area (Å²) in [4.78, 5) is 10.9. The summed E-state index contributed by atoms with van der Waals surface area (Å²) in [6.07, 6.45) is 4.88. The molecule has 0 aliphatic carbocycles. The molecule has 0 aliphatic rings. The summed E-state index contributed by atoms with van der Waals surface area (Å²) in [5.74, 6) is 2.13. The van der Waals surface area contributed by atoms with E-state index in [-0.39, 0.29) is 0 Å². The largest absolute Gasteiger partial charge is 0.399 e. The second-order valence-corrected chi connectivity index (χ2v) is 5.70. The predicted molar refractivity (Wildman–Crippen MR) is 84.8 cm³/mol. The van der Waals surface area contributed by atoms with Gasteiger partial charge in [-0.05, 0) is 43.6 Å². The van der Waals surface area contributed by atoms with Gasteiger partial charge in [0.1, 0.15) is 12.1 Å². The quantitative estimate of drug-likeness (QED) is 0.851. The second kappa shape index (κ2) is 6.10. The summed E-state index contributed by atoms with van der Waals surface area (Å²) in [7, 11) is 2.09. The number of aromatic nitrogens is 2. The summed E-state index contributed by atoms with van der Waals surface area (Å²) >= 11 is 1.87. The Morgan fingerprint density at radius 2 is 2.16 bits per heavy atom. The van der Waals surface area contributed by atoms with Crippen molar-refractivity contribution >= 4 is 34.2 Å². The van der Waals surface area contributed by atoms with Crippen molar-refractivity contribution in [3.05, 3.63) is 24.5 Å². The number of anilines is 2. The highest BCUT2D eigenvalue weighted by Gasteiger charge is 2.14. The molecule has 19 heavy (non-hydrogen) atoms. The molecule has 0 bridgehead atoms. The lowest BCUT2D eigenvalue weighted by Crippen LogP contribution is -2.30. The molecule has 5 heteroatoms. The standard InChI is InChI=1S/C14H20N4S/c1-10(6-7-19-3)18(2)14-12-5-4-11(15)8-13(12)16-9-17-14/h4-5,8-10H,6-7,15H2,1-3H3. The topological polar surface area (TPSA) is 55.0 Å². The van der Waals surface area contributed by atoms with E-state index in [4.69, 9.17) is 5.73 Å². The molecule has 1 atom stereocenters. The number of nitrogen functional groups attached to an aromatic ring is 1. The summed E-state index contributed by atoms with van der Waals surface area (Å²) in [5, 5.41) is 1.05. The molecular formula is C14H20N4S. The van der Waals surface area contributed by atoms with Gasteiger partial charge in [0.25, 0.3) is 0 Å². The van der Waals surface area contributed by atoms with E-state index in [1.54, 1.807) is 6.33 Å². The molecule has 1 aromatic carbocycles. The first-order valence-corrected chi connectivity index (χ1v) is 7.75. The van der Waals surface area contributed by atoms with Gasteiger partial charge in [0.05, 0.1) is 5.52 Å². The molecule has 2 N–H and O–H groups in total. The van der Waals surface area contributed by atoms with Crippen molar-refractivity contribution in [1.82, 2.24) is 9.97 Å². The van der Waals surface area contributed by atoms with E-state index in [1.807, 2.05) is 30.0 Å². The highest BCUT2D eigenvalue weighted by Crippen LogP contribution is 2.25. The second-order valence-electron chi connectivity index (χ2n) is 4.72. The number of thioether (sulfide) groups is 1. The van der Waals surface area contributed by atoms with Gasteiger partial charge >= 0.3 is 0 Å². The number of nitrogens with two attached hydrogens (primary N) is 1. The van der Waals surface area contributed by atoms with Gasteiger partial charge < -0.3 is 10.6 Å². The van der Waals surface area contributed by atoms with Crippen LogP contribution in [0, 0.1) is 0 Å². The molecule has 102 valence electrons. The monoisotopic (exact) mass is 276 g/mol. The first-order chi connectivity index (χ1) is 9.13. The van der Waals surface area contributed by atoms with Crippen LogP contribution in [0.2, 0.25) is 0 Å². The van der Waals surface area contributed by atoms with Gasteiger partial charge in [-0.25, -0.2) is 9.97 Å². The Hall–Kier alpha value is -1.49. The third kappa shape index (κ3) is 3.10. The average Bonchev–Trinajstić information content (AvgIpc) is 2.42. The van der Waals surface area contributed by atoms with E-state index in [0.29, 0.717) is 6.04 Å². The van der Waals surface area contributed by atoms with E-state index in [1.165, 1.54) is 0 Å². The molecule has 2 aromatic rings. The minimum Gasteiger partial charge on any atom is -0.399 e. The summed E-state index contributed by atoms with van der Waals surface area (Å²) in [5.41, 5.74) is 7.43. The van der Waals surface area contributed by atoms with Crippen LogP contribution in [0.5, 0.6) is 0 Å². The van der Waals surface area contributed by atoms with Gasteiger partial charge in [-0.3, -0.25) is 0 Å². The summed E-state index contributed by atoms with van der Waals surface area (Å²) in [6.45, 7) is 2.22. The maximum absolute atomic E-state index is 5.80. The molecule has 0 aliphatic heterocycles. The van der Waals surface area contributed by atoms with Crippen molar-refractivity contribution in [3.8, 4) is 0 Å². The Morgan fingerprint density at radius 1 is 1.37 bits per heavy atom. The number of rotatable bonds is 5. The third-order valence-corrected chi connectivity index (χ3v) is 4.02. The van der Waals surface area contributed by atoms with Gasteiger partial charge in [-0.1, -0.05) is 0 Å². The van der Waals surface area contributed by atoms with Crippen LogP contribution >= 0.6 is 11.8 Å². The Labute approximate surface area is 118 Å². The van der Waals surface area contributed by atoms with Gasteiger partial charge in [0.15, 0.2) is 0 Å². The van der Waals surface area contributed by atoms with Gasteiger partial charge in [0, 0.05) is 24.2 Å². The molecule has 1 unspecified atom stereocenters. The lowest BCUT2D eigenvalue weighted by molar-refractivity contribution is 0.664. The molecule has 0 amide bonds. The van der Waals surface area contributed by atoms with Crippen molar-refractivity contribution in [2.45, 2.75) is 19.4 Å². The van der Waals surface area contributed by atoms with Crippen molar-refractivity contribution in [1.29, 1.82) is 0 Å². The number of nitrogens with zero attached hydrogens (tertiary/aromatic N) is 3. The lowest BCUT2D eigenvalue weighted by Gasteiger charge is -2.26. The SMILES string of the molecule is CSCCC(C)N(C)c1ncnc2cc(N)ccc12. The van der Waals surface area contributed by atoms with E-state index >= 15 is 0 Å².